The zero-order valence-corrected chi connectivity index (χ0v) is 15.7. The van der Waals surface area contributed by atoms with Gasteiger partial charge in [-0.1, -0.05) is 36.4 Å². The van der Waals surface area contributed by atoms with Crippen LogP contribution in [-0.2, 0) is 0 Å². The third-order valence-electron chi connectivity index (χ3n) is 3.77. The molecular formula is C21H15IO3. The molecule has 3 aromatic carbocycles. The molecule has 0 aliphatic heterocycles. The maximum absolute atomic E-state index is 12.4. The van der Waals surface area contributed by atoms with Crippen molar-refractivity contribution in [2.75, 3.05) is 0 Å². The summed E-state index contributed by atoms with van der Waals surface area (Å²) in [6.45, 7) is 1.99. The molecule has 0 amide bonds. The molecule has 0 aliphatic rings. The first-order chi connectivity index (χ1) is 12.0. The first-order valence-electron chi connectivity index (χ1n) is 7.73. The fraction of sp³-hybridized carbons (Fsp3) is 0.0476. The van der Waals surface area contributed by atoms with Crippen molar-refractivity contribution in [3.05, 3.63) is 98.6 Å². The number of hydrogen-bond donors (Lipinski definition) is 0. The van der Waals surface area contributed by atoms with Crippen molar-refractivity contribution in [2.24, 2.45) is 0 Å². The summed E-state index contributed by atoms with van der Waals surface area (Å²) in [4.78, 5) is 24.6. The molecule has 3 rings (SSSR count). The fourth-order valence-corrected chi connectivity index (χ4v) is 2.83. The number of carbonyl (C=O) groups excluding carboxylic acids is 2. The molecule has 0 fully saturated rings. The molecule has 0 unspecified atom stereocenters. The van der Waals surface area contributed by atoms with Gasteiger partial charge in [-0.2, -0.15) is 0 Å². The minimum atomic E-state index is -0.417. The van der Waals surface area contributed by atoms with E-state index in [4.69, 9.17) is 4.74 Å². The van der Waals surface area contributed by atoms with Crippen LogP contribution in [-0.4, -0.2) is 11.8 Å². The van der Waals surface area contributed by atoms with Gasteiger partial charge in [0.25, 0.3) is 0 Å². The molecule has 0 saturated heterocycles. The second-order valence-electron chi connectivity index (χ2n) is 5.57. The highest BCUT2D eigenvalue weighted by molar-refractivity contribution is 14.1. The summed E-state index contributed by atoms with van der Waals surface area (Å²) in [5.41, 5.74) is 2.79. The summed E-state index contributed by atoms with van der Waals surface area (Å²) in [7, 11) is 0. The molecule has 3 nitrogen and oxygen atoms in total. The van der Waals surface area contributed by atoms with E-state index >= 15 is 0 Å². The Morgan fingerprint density at radius 1 is 0.800 bits per heavy atom. The van der Waals surface area contributed by atoms with Gasteiger partial charge in [-0.15, -0.1) is 0 Å². The van der Waals surface area contributed by atoms with E-state index in [2.05, 4.69) is 22.6 Å². The molecule has 0 aromatic heterocycles. The molecule has 0 saturated carbocycles. The van der Waals surface area contributed by atoms with Crippen molar-refractivity contribution >= 4 is 34.3 Å². The molecule has 25 heavy (non-hydrogen) atoms. The second kappa shape index (κ2) is 7.61. The van der Waals surface area contributed by atoms with E-state index in [1.807, 2.05) is 31.2 Å². The summed E-state index contributed by atoms with van der Waals surface area (Å²) in [6.07, 6.45) is 0. The van der Waals surface area contributed by atoms with E-state index in [1.54, 1.807) is 48.5 Å². The Kier molecular flexibility index (Phi) is 5.28. The third-order valence-corrected chi connectivity index (χ3v) is 4.93. The number of ether oxygens (including phenoxy) is 1. The van der Waals surface area contributed by atoms with Crippen LogP contribution in [0, 0.1) is 10.5 Å². The van der Waals surface area contributed by atoms with E-state index in [0.29, 0.717) is 22.4 Å². The Morgan fingerprint density at radius 2 is 1.40 bits per heavy atom. The van der Waals surface area contributed by atoms with Gasteiger partial charge in [-0.25, -0.2) is 4.79 Å². The molecule has 0 bridgehead atoms. The minimum Gasteiger partial charge on any atom is -0.423 e. The summed E-state index contributed by atoms with van der Waals surface area (Å²) >= 11 is 2.19. The molecule has 0 radical (unpaired) electrons. The van der Waals surface area contributed by atoms with Crippen LogP contribution >= 0.6 is 22.6 Å². The number of halogens is 1. The first-order valence-corrected chi connectivity index (χ1v) is 8.80. The van der Waals surface area contributed by atoms with E-state index in [0.717, 1.165) is 9.13 Å². The van der Waals surface area contributed by atoms with Crippen LogP contribution in [0.1, 0.15) is 31.8 Å². The number of rotatable bonds is 4. The third kappa shape index (κ3) is 4.14. The molecule has 3 aromatic rings. The van der Waals surface area contributed by atoms with Crippen LogP contribution in [0.2, 0.25) is 0 Å². The standard InChI is InChI=1S/C21H15IO3/c1-14-7-8-17(13-19(14)22)21(24)25-18-11-9-16(10-12-18)20(23)15-5-3-2-4-6-15/h2-13H,1H3. The molecule has 0 spiro atoms. The van der Waals surface area contributed by atoms with E-state index in [9.17, 15) is 9.59 Å². The van der Waals surface area contributed by atoms with Crippen LogP contribution in [0.15, 0.2) is 72.8 Å². The summed E-state index contributed by atoms with van der Waals surface area (Å²) in [5, 5.41) is 0. The number of carbonyl (C=O) groups is 2. The minimum absolute atomic E-state index is 0.0634. The van der Waals surface area contributed by atoms with Gasteiger partial charge >= 0.3 is 5.97 Å². The lowest BCUT2D eigenvalue weighted by atomic mass is 10.0. The quantitative estimate of drug-likeness (QED) is 0.246. The largest absolute Gasteiger partial charge is 0.423 e. The van der Waals surface area contributed by atoms with Gasteiger partial charge in [0, 0.05) is 14.7 Å². The highest BCUT2D eigenvalue weighted by Crippen LogP contribution is 2.18. The fourth-order valence-electron chi connectivity index (χ4n) is 2.32. The monoisotopic (exact) mass is 442 g/mol. The van der Waals surface area contributed by atoms with Crippen molar-refractivity contribution in [3.63, 3.8) is 0 Å². The number of ketones is 1. The second-order valence-corrected chi connectivity index (χ2v) is 6.74. The Morgan fingerprint density at radius 3 is 2.04 bits per heavy atom. The summed E-state index contributed by atoms with van der Waals surface area (Å²) < 4.78 is 6.39. The van der Waals surface area contributed by atoms with Crippen LogP contribution < -0.4 is 4.74 Å². The Bertz CT molecular complexity index is 916. The van der Waals surface area contributed by atoms with E-state index in [-0.39, 0.29) is 5.78 Å². The predicted octanol–water partition coefficient (Wildman–Crippen LogP) is 5.05. The lowest BCUT2D eigenvalue weighted by molar-refractivity contribution is 0.0734. The number of hydrogen-bond acceptors (Lipinski definition) is 3. The lowest BCUT2D eigenvalue weighted by Gasteiger charge is -2.07. The van der Waals surface area contributed by atoms with Gasteiger partial charge < -0.3 is 4.74 Å². The Balaban J connectivity index is 1.73. The highest BCUT2D eigenvalue weighted by atomic mass is 127. The number of esters is 1. The Hall–Kier alpha value is -2.47. The maximum Gasteiger partial charge on any atom is 0.343 e. The van der Waals surface area contributed by atoms with E-state index in [1.165, 1.54) is 0 Å². The van der Waals surface area contributed by atoms with Crippen LogP contribution in [0.25, 0.3) is 0 Å². The number of benzene rings is 3. The SMILES string of the molecule is Cc1ccc(C(=O)Oc2ccc(C(=O)c3ccccc3)cc2)cc1I. The maximum atomic E-state index is 12.4. The molecule has 0 heterocycles. The molecule has 124 valence electrons. The average molecular weight is 442 g/mol. The van der Waals surface area contributed by atoms with Crippen molar-refractivity contribution in [1.82, 2.24) is 0 Å². The summed E-state index contributed by atoms with van der Waals surface area (Å²) in [6, 6.07) is 21.1. The van der Waals surface area contributed by atoms with E-state index < -0.39 is 5.97 Å². The van der Waals surface area contributed by atoms with Crippen molar-refractivity contribution in [1.29, 1.82) is 0 Å². The van der Waals surface area contributed by atoms with Crippen molar-refractivity contribution < 1.29 is 14.3 Å². The zero-order chi connectivity index (χ0) is 17.8. The van der Waals surface area contributed by atoms with Gasteiger partial charge in [0.2, 0.25) is 0 Å². The predicted molar refractivity (Wildman–Crippen MR) is 105 cm³/mol. The van der Waals surface area contributed by atoms with Gasteiger partial charge in [-0.3, -0.25) is 4.79 Å². The van der Waals surface area contributed by atoms with Gasteiger partial charge in [-0.05, 0) is 71.5 Å². The lowest BCUT2D eigenvalue weighted by Crippen LogP contribution is -2.09. The van der Waals surface area contributed by atoms with Gasteiger partial charge in [0.05, 0.1) is 5.56 Å². The molecule has 0 atom stereocenters. The Labute approximate surface area is 159 Å². The molecule has 0 N–H and O–H groups in total. The van der Waals surface area contributed by atoms with Crippen LogP contribution in [0.5, 0.6) is 5.75 Å². The van der Waals surface area contributed by atoms with Crippen molar-refractivity contribution in [3.8, 4) is 5.75 Å². The summed E-state index contributed by atoms with van der Waals surface area (Å²) in [5.74, 6) is -0.0724. The van der Waals surface area contributed by atoms with Crippen molar-refractivity contribution in [2.45, 2.75) is 6.92 Å². The zero-order valence-electron chi connectivity index (χ0n) is 13.5. The first kappa shape index (κ1) is 17.4. The average Bonchev–Trinajstić information content (AvgIpc) is 2.64. The highest BCUT2D eigenvalue weighted by Gasteiger charge is 2.12. The van der Waals surface area contributed by atoms with Gasteiger partial charge in [0.15, 0.2) is 5.78 Å². The topological polar surface area (TPSA) is 43.4 Å². The normalized spacial score (nSPS) is 10.3. The number of aryl methyl sites for hydroxylation is 1. The molecular weight excluding hydrogens is 427 g/mol. The van der Waals surface area contributed by atoms with Crippen LogP contribution in [0.4, 0.5) is 0 Å². The molecule has 4 heteroatoms. The van der Waals surface area contributed by atoms with Gasteiger partial charge in [0.1, 0.15) is 5.75 Å². The smallest absolute Gasteiger partial charge is 0.343 e. The van der Waals surface area contributed by atoms with Crippen LogP contribution in [0.3, 0.4) is 0 Å². The molecule has 0 aliphatic carbocycles.